The van der Waals surface area contributed by atoms with Gasteiger partial charge in [0, 0.05) is 5.56 Å². The van der Waals surface area contributed by atoms with E-state index in [1.54, 1.807) is 0 Å². The number of anilines is 3. The summed E-state index contributed by atoms with van der Waals surface area (Å²) in [7, 11) is 0. The minimum Gasteiger partial charge on any atom is -0.383 e. The third kappa shape index (κ3) is 5.32. The molecule has 0 aliphatic carbocycles. The molecule has 1 atom stereocenters. The van der Waals surface area contributed by atoms with E-state index in [1.807, 2.05) is 0 Å². The van der Waals surface area contributed by atoms with Crippen molar-refractivity contribution in [2.75, 3.05) is 17.2 Å². The predicted octanol–water partition coefficient (Wildman–Crippen LogP) is 2.62. The second-order valence-corrected chi connectivity index (χ2v) is 5.80. The first-order valence-electron chi connectivity index (χ1n) is 7.07. The van der Waals surface area contributed by atoms with E-state index in [1.165, 1.54) is 19.3 Å². The monoisotopic (exact) mass is 265 g/mol. The molecule has 1 rings (SSSR count). The van der Waals surface area contributed by atoms with Crippen LogP contribution in [0.1, 0.15) is 52.0 Å². The molecule has 1 heterocycles. The Bertz CT molecular complexity index is 380. The Morgan fingerprint density at radius 3 is 2.00 bits per heavy atom. The number of aromatic nitrogens is 2. The molecule has 1 aromatic rings. The first-order chi connectivity index (χ1) is 8.90. The quantitative estimate of drug-likeness (QED) is 0.703. The zero-order valence-electron chi connectivity index (χ0n) is 12.3. The normalized spacial score (nSPS) is 12.8. The van der Waals surface area contributed by atoms with Crippen molar-refractivity contribution >= 4 is 17.6 Å². The van der Waals surface area contributed by atoms with Gasteiger partial charge in [-0.25, -0.2) is 0 Å². The first kappa shape index (κ1) is 15.5. The molecule has 0 bridgehead atoms. The van der Waals surface area contributed by atoms with Crippen LogP contribution in [0, 0.1) is 11.8 Å². The van der Waals surface area contributed by atoms with E-state index in [2.05, 4.69) is 30.7 Å². The number of rotatable bonds is 7. The fourth-order valence-electron chi connectivity index (χ4n) is 2.20. The molecular weight excluding hydrogens is 238 g/mol. The lowest BCUT2D eigenvalue weighted by molar-refractivity contribution is 0.437. The average molecular weight is 265 g/mol. The van der Waals surface area contributed by atoms with E-state index in [0.717, 1.165) is 24.3 Å². The molecule has 108 valence electrons. The summed E-state index contributed by atoms with van der Waals surface area (Å²) in [5.41, 5.74) is 18.0. The van der Waals surface area contributed by atoms with Gasteiger partial charge < -0.3 is 17.2 Å². The Labute approximate surface area is 116 Å². The van der Waals surface area contributed by atoms with Gasteiger partial charge in [-0.1, -0.05) is 40.0 Å². The molecule has 0 amide bonds. The lowest BCUT2D eigenvalue weighted by atomic mass is 9.94. The molecule has 6 N–H and O–H groups in total. The third-order valence-electron chi connectivity index (χ3n) is 3.45. The zero-order chi connectivity index (χ0) is 14.4. The Hall–Kier alpha value is -1.52. The van der Waals surface area contributed by atoms with E-state index in [4.69, 9.17) is 17.2 Å². The summed E-state index contributed by atoms with van der Waals surface area (Å²) in [5, 5.41) is 0. The van der Waals surface area contributed by atoms with Gasteiger partial charge in [0.1, 0.15) is 11.6 Å². The van der Waals surface area contributed by atoms with Crippen molar-refractivity contribution in [2.45, 2.75) is 52.9 Å². The van der Waals surface area contributed by atoms with Crippen LogP contribution < -0.4 is 17.2 Å². The van der Waals surface area contributed by atoms with Gasteiger partial charge in [-0.05, 0) is 24.7 Å². The molecule has 1 unspecified atom stereocenters. The molecule has 0 aliphatic rings. The number of hydrogen-bond donors (Lipinski definition) is 3. The standard InChI is InChI=1S/C14H27N5/c1-9(2)5-4-6-10(3)7-8-11-12(15)18-14(17)19-13(11)16/h9-10H,4-8H2,1-3H3,(H6,15,16,17,18,19). The molecule has 19 heavy (non-hydrogen) atoms. The number of nitrogens with zero attached hydrogens (tertiary/aromatic N) is 2. The van der Waals surface area contributed by atoms with E-state index in [9.17, 15) is 0 Å². The van der Waals surface area contributed by atoms with E-state index in [0.29, 0.717) is 17.6 Å². The summed E-state index contributed by atoms with van der Waals surface area (Å²) >= 11 is 0. The van der Waals surface area contributed by atoms with Crippen molar-refractivity contribution in [3.05, 3.63) is 5.56 Å². The lowest BCUT2D eigenvalue weighted by Crippen LogP contribution is -2.10. The Kier molecular flexibility index (Phi) is 5.86. The lowest BCUT2D eigenvalue weighted by Gasteiger charge is -2.14. The summed E-state index contributed by atoms with van der Waals surface area (Å²) < 4.78 is 0. The van der Waals surface area contributed by atoms with Crippen LogP contribution in [0.15, 0.2) is 0 Å². The molecule has 0 aliphatic heterocycles. The minimum absolute atomic E-state index is 0.142. The maximum Gasteiger partial charge on any atom is 0.223 e. The van der Waals surface area contributed by atoms with E-state index < -0.39 is 0 Å². The highest BCUT2D eigenvalue weighted by Crippen LogP contribution is 2.22. The summed E-state index contributed by atoms with van der Waals surface area (Å²) in [6, 6.07) is 0. The Morgan fingerprint density at radius 2 is 1.47 bits per heavy atom. The van der Waals surface area contributed by atoms with Crippen molar-refractivity contribution in [3.8, 4) is 0 Å². The summed E-state index contributed by atoms with van der Waals surface area (Å²) in [5.74, 6) is 2.42. The third-order valence-corrected chi connectivity index (χ3v) is 3.45. The van der Waals surface area contributed by atoms with Crippen LogP contribution in [0.25, 0.3) is 0 Å². The van der Waals surface area contributed by atoms with Gasteiger partial charge in [-0.3, -0.25) is 0 Å². The van der Waals surface area contributed by atoms with Gasteiger partial charge in [0.25, 0.3) is 0 Å². The van der Waals surface area contributed by atoms with Crippen LogP contribution in [0.2, 0.25) is 0 Å². The number of nitrogen functional groups attached to an aromatic ring is 3. The van der Waals surface area contributed by atoms with Crippen molar-refractivity contribution < 1.29 is 0 Å². The van der Waals surface area contributed by atoms with Crippen molar-refractivity contribution in [3.63, 3.8) is 0 Å². The van der Waals surface area contributed by atoms with Gasteiger partial charge in [0.05, 0.1) is 0 Å². The largest absolute Gasteiger partial charge is 0.383 e. The maximum atomic E-state index is 5.84. The zero-order valence-corrected chi connectivity index (χ0v) is 12.3. The van der Waals surface area contributed by atoms with Gasteiger partial charge in [0.15, 0.2) is 0 Å². The molecule has 0 saturated heterocycles. The summed E-state index contributed by atoms with van der Waals surface area (Å²) in [6.45, 7) is 6.79. The molecule has 0 radical (unpaired) electrons. The second-order valence-electron chi connectivity index (χ2n) is 5.80. The highest BCUT2D eigenvalue weighted by molar-refractivity contribution is 5.55. The minimum atomic E-state index is 0.142. The molecule has 1 aromatic heterocycles. The van der Waals surface area contributed by atoms with Crippen LogP contribution in [0.4, 0.5) is 17.6 Å². The van der Waals surface area contributed by atoms with Crippen LogP contribution in [-0.4, -0.2) is 9.97 Å². The highest BCUT2D eigenvalue weighted by atomic mass is 15.1. The van der Waals surface area contributed by atoms with Crippen molar-refractivity contribution in [1.82, 2.24) is 9.97 Å². The second kappa shape index (κ2) is 7.16. The van der Waals surface area contributed by atoms with Gasteiger partial charge >= 0.3 is 0 Å². The molecule has 0 aromatic carbocycles. The average Bonchev–Trinajstić information content (AvgIpc) is 2.26. The fourth-order valence-corrected chi connectivity index (χ4v) is 2.20. The molecule has 5 nitrogen and oxygen atoms in total. The number of nitrogens with two attached hydrogens (primary N) is 3. The van der Waals surface area contributed by atoms with E-state index >= 15 is 0 Å². The SMILES string of the molecule is CC(C)CCCC(C)CCc1c(N)nc(N)nc1N. The number of hydrogen-bond acceptors (Lipinski definition) is 5. The maximum absolute atomic E-state index is 5.84. The van der Waals surface area contributed by atoms with Gasteiger partial charge in [-0.15, -0.1) is 0 Å². The van der Waals surface area contributed by atoms with Crippen molar-refractivity contribution in [2.24, 2.45) is 11.8 Å². The highest BCUT2D eigenvalue weighted by Gasteiger charge is 2.11. The predicted molar refractivity (Wildman–Crippen MR) is 81.4 cm³/mol. The van der Waals surface area contributed by atoms with Crippen LogP contribution in [0.3, 0.4) is 0 Å². The van der Waals surface area contributed by atoms with Crippen LogP contribution >= 0.6 is 0 Å². The summed E-state index contributed by atoms with van der Waals surface area (Å²) in [6.07, 6.45) is 5.69. The molecule has 0 fully saturated rings. The Balaban J connectivity index is 2.44. The fraction of sp³-hybridized carbons (Fsp3) is 0.714. The Morgan fingerprint density at radius 1 is 0.895 bits per heavy atom. The van der Waals surface area contributed by atoms with Crippen molar-refractivity contribution in [1.29, 1.82) is 0 Å². The molecule has 5 heteroatoms. The smallest absolute Gasteiger partial charge is 0.223 e. The summed E-state index contributed by atoms with van der Waals surface area (Å²) in [4.78, 5) is 7.92. The molecule has 0 saturated carbocycles. The van der Waals surface area contributed by atoms with Gasteiger partial charge in [0.2, 0.25) is 5.95 Å². The first-order valence-corrected chi connectivity index (χ1v) is 7.07. The van der Waals surface area contributed by atoms with Crippen LogP contribution in [-0.2, 0) is 6.42 Å². The molecular formula is C14H27N5. The van der Waals surface area contributed by atoms with Gasteiger partial charge in [-0.2, -0.15) is 9.97 Å². The van der Waals surface area contributed by atoms with Crippen LogP contribution in [0.5, 0.6) is 0 Å². The van der Waals surface area contributed by atoms with E-state index in [-0.39, 0.29) is 5.95 Å². The molecule has 0 spiro atoms. The topological polar surface area (TPSA) is 104 Å².